The third-order valence-electron chi connectivity index (χ3n) is 7.28. The molecule has 2 aromatic carbocycles. The summed E-state index contributed by atoms with van der Waals surface area (Å²) in [6.45, 7) is 5.96. The van der Waals surface area contributed by atoms with Crippen molar-refractivity contribution in [3.63, 3.8) is 0 Å². The number of ether oxygens (including phenoxy) is 1. The maximum atomic E-state index is 12.9. The van der Waals surface area contributed by atoms with Crippen molar-refractivity contribution in [3.8, 4) is 5.75 Å². The Morgan fingerprint density at radius 2 is 2.13 bits per heavy atom. The highest BCUT2D eigenvalue weighted by molar-refractivity contribution is 7.18. The number of anilines is 1. The second-order valence-corrected chi connectivity index (χ2v) is 10.6. The van der Waals surface area contributed by atoms with Crippen LogP contribution in [0.3, 0.4) is 0 Å². The van der Waals surface area contributed by atoms with Crippen molar-refractivity contribution in [3.05, 3.63) is 52.5 Å². The zero-order valence-electron chi connectivity index (χ0n) is 17.8. The number of piperidine rings is 1. The van der Waals surface area contributed by atoms with Gasteiger partial charge >= 0.3 is 0 Å². The minimum absolute atomic E-state index is 0.152. The lowest BCUT2D eigenvalue weighted by molar-refractivity contribution is -0.118. The number of rotatable bonds is 4. The Morgan fingerprint density at radius 3 is 3.00 bits per heavy atom. The Labute approximate surface area is 186 Å². The molecule has 1 saturated carbocycles. The van der Waals surface area contributed by atoms with Gasteiger partial charge in [-0.2, -0.15) is 0 Å². The molecule has 1 atom stereocenters. The van der Waals surface area contributed by atoms with Crippen LogP contribution in [-0.2, 0) is 17.8 Å². The van der Waals surface area contributed by atoms with Crippen LogP contribution >= 0.6 is 11.3 Å². The molecular weight excluding hydrogens is 406 g/mol. The van der Waals surface area contributed by atoms with Gasteiger partial charge in [0.1, 0.15) is 5.75 Å². The predicted molar refractivity (Wildman–Crippen MR) is 124 cm³/mol. The van der Waals surface area contributed by atoms with Crippen molar-refractivity contribution in [2.75, 3.05) is 25.0 Å². The Hall–Kier alpha value is -2.44. The van der Waals surface area contributed by atoms with Gasteiger partial charge in [0.2, 0.25) is 5.91 Å². The third-order valence-corrected chi connectivity index (χ3v) is 8.23. The maximum Gasteiger partial charge on any atom is 0.228 e. The number of likely N-dealkylation sites (tertiary alicyclic amines) is 1. The molecule has 3 heterocycles. The van der Waals surface area contributed by atoms with Crippen LogP contribution in [0.1, 0.15) is 35.4 Å². The summed E-state index contributed by atoms with van der Waals surface area (Å²) < 4.78 is 6.79. The van der Waals surface area contributed by atoms with E-state index in [2.05, 4.69) is 39.5 Å². The molecule has 1 spiro atoms. The van der Waals surface area contributed by atoms with Gasteiger partial charge in [-0.1, -0.05) is 12.1 Å². The number of aromatic nitrogens is 1. The van der Waals surface area contributed by atoms with Gasteiger partial charge in [-0.05, 0) is 80.1 Å². The molecule has 1 unspecified atom stereocenters. The summed E-state index contributed by atoms with van der Waals surface area (Å²) >= 11 is 1.69. The van der Waals surface area contributed by atoms with E-state index in [1.54, 1.807) is 11.3 Å². The molecule has 2 aliphatic heterocycles. The molecule has 6 heteroatoms. The third kappa shape index (κ3) is 3.62. The van der Waals surface area contributed by atoms with Crippen LogP contribution in [0.5, 0.6) is 5.75 Å². The maximum absolute atomic E-state index is 12.9. The van der Waals surface area contributed by atoms with Gasteiger partial charge < -0.3 is 10.1 Å². The zero-order valence-corrected chi connectivity index (χ0v) is 18.6. The molecule has 0 bridgehead atoms. The van der Waals surface area contributed by atoms with E-state index in [1.165, 1.54) is 15.8 Å². The number of hydrogen-bond acceptors (Lipinski definition) is 5. The van der Waals surface area contributed by atoms with Crippen LogP contribution in [0, 0.1) is 18.3 Å². The number of thiazole rings is 1. The monoisotopic (exact) mass is 433 g/mol. The van der Waals surface area contributed by atoms with E-state index in [0.717, 1.165) is 73.9 Å². The van der Waals surface area contributed by atoms with Crippen molar-refractivity contribution in [2.45, 2.75) is 39.2 Å². The number of hydrogen-bond donors (Lipinski definition) is 1. The van der Waals surface area contributed by atoms with Crippen LogP contribution in [0.2, 0.25) is 0 Å². The number of benzene rings is 2. The average molecular weight is 434 g/mol. The van der Waals surface area contributed by atoms with E-state index in [-0.39, 0.29) is 17.2 Å². The second-order valence-electron chi connectivity index (χ2n) is 9.34. The summed E-state index contributed by atoms with van der Waals surface area (Å²) in [5, 5.41) is 4.21. The molecular formula is C25H27N3O2S. The highest BCUT2D eigenvalue weighted by Crippen LogP contribution is 2.59. The van der Waals surface area contributed by atoms with E-state index < -0.39 is 0 Å². The number of nitrogens with zero attached hydrogens (tertiary/aromatic N) is 2. The molecule has 0 radical (unpaired) electrons. The van der Waals surface area contributed by atoms with Crippen LogP contribution in [0.25, 0.3) is 10.2 Å². The zero-order chi connectivity index (χ0) is 21.0. The minimum atomic E-state index is 0.152. The molecule has 160 valence electrons. The van der Waals surface area contributed by atoms with Gasteiger partial charge in [0, 0.05) is 24.6 Å². The van der Waals surface area contributed by atoms with Crippen LogP contribution < -0.4 is 10.1 Å². The quantitative estimate of drug-likeness (QED) is 0.643. The van der Waals surface area contributed by atoms with Gasteiger partial charge in [-0.25, -0.2) is 4.98 Å². The summed E-state index contributed by atoms with van der Waals surface area (Å²) in [6.07, 6.45) is 4.28. The van der Waals surface area contributed by atoms with Crippen molar-refractivity contribution in [2.24, 2.45) is 11.3 Å². The minimum Gasteiger partial charge on any atom is -0.493 e. The SMILES string of the molecule is Cc1nc2cc(NC(=O)C3CC34CCN(Cc3ccc5c(c3)CCO5)CC4)ccc2s1. The summed E-state index contributed by atoms with van der Waals surface area (Å²) in [5.41, 5.74) is 4.77. The van der Waals surface area contributed by atoms with Gasteiger partial charge in [-0.15, -0.1) is 11.3 Å². The first-order valence-electron chi connectivity index (χ1n) is 11.2. The fraction of sp³-hybridized carbons (Fsp3) is 0.440. The lowest BCUT2D eigenvalue weighted by atomic mass is 9.90. The van der Waals surface area contributed by atoms with Gasteiger partial charge in [-0.3, -0.25) is 9.69 Å². The molecule has 1 amide bonds. The molecule has 1 aromatic heterocycles. The van der Waals surface area contributed by atoms with Crippen molar-refractivity contribution in [1.82, 2.24) is 9.88 Å². The summed E-state index contributed by atoms with van der Waals surface area (Å²) in [6, 6.07) is 12.7. The van der Waals surface area contributed by atoms with Crippen molar-refractivity contribution in [1.29, 1.82) is 0 Å². The number of carbonyl (C=O) groups excluding carboxylic acids is 1. The standard InChI is InChI=1S/C25H27N3O2S/c1-16-26-21-13-19(3-5-23(21)31-16)27-24(29)20-14-25(20)7-9-28(10-8-25)15-17-2-4-22-18(12-17)6-11-30-22/h2-5,12-13,20H,6-11,14-15H2,1H3,(H,27,29). The van der Waals surface area contributed by atoms with Gasteiger partial charge in [0.05, 0.1) is 21.8 Å². The van der Waals surface area contributed by atoms with Crippen LogP contribution in [0.4, 0.5) is 5.69 Å². The fourth-order valence-corrected chi connectivity index (χ4v) is 6.18. The molecule has 5 nitrogen and oxygen atoms in total. The first-order valence-corrected chi connectivity index (χ1v) is 12.0. The van der Waals surface area contributed by atoms with Crippen LogP contribution in [0.15, 0.2) is 36.4 Å². The Kier molecular flexibility index (Phi) is 4.54. The van der Waals surface area contributed by atoms with E-state index in [1.807, 2.05) is 19.1 Å². The Balaban J connectivity index is 1.05. The molecule has 6 rings (SSSR count). The lowest BCUT2D eigenvalue weighted by Crippen LogP contribution is -2.35. The van der Waals surface area contributed by atoms with E-state index in [9.17, 15) is 4.79 Å². The molecule has 1 N–H and O–H groups in total. The van der Waals surface area contributed by atoms with E-state index in [4.69, 9.17) is 4.74 Å². The normalized spacial score (nSPS) is 21.8. The molecule has 3 aliphatic rings. The highest BCUT2D eigenvalue weighted by Gasteiger charge is 2.58. The molecule has 3 aromatic rings. The first kappa shape index (κ1) is 19.3. The number of carbonyl (C=O) groups is 1. The number of fused-ring (bicyclic) bond motifs is 2. The Bertz CT molecular complexity index is 1160. The average Bonchev–Trinajstić information content (AvgIpc) is 3.07. The topological polar surface area (TPSA) is 54.5 Å². The molecule has 31 heavy (non-hydrogen) atoms. The predicted octanol–water partition coefficient (Wildman–Crippen LogP) is 4.78. The number of aryl methyl sites for hydroxylation is 1. The molecule has 1 aliphatic carbocycles. The summed E-state index contributed by atoms with van der Waals surface area (Å²) in [4.78, 5) is 20.0. The Morgan fingerprint density at radius 1 is 1.26 bits per heavy atom. The van der Waals surface area contributed by atoms with Crippen molar-refractivity contribution < 1.29 is 9.53 Å². The highest BCUT2D eigenvalue weighted by atomic mass is 32.1. The lowest BCUT2D eigenvalue weighted by Gasteiger charge is -2.33. The van der Waals surface area contributed by atoms with Gasteiger partial charge in [0.25, 0.3) is 0 Å². The van der Waals surface area contributed by atoms with Gasteiger partial charge in [0.15, 0.2) is 0 Å². The van der Waals surface area contributed by atoms with Crippen molar-refractivity contribution >= 4 is 33.1 Å². The van der Waals surface area contributed by atoms with E-state index in [0.29, 0.717) is 0 Å². The smallest absolute Gasteiger partial charge is 0.228 e. The fourth-order valence-electron chi connectivity index (χ4n) is 5.37. The first-order chi connectivity index (χ1) is 15.1. The number of nitrogens with one attached hydrogen (secondary N) is 1. The summed E-state index contributed by atoms with van der Waals surface area (Å²) in [7, 11) is 0. The largest absolute Gasteiger partial charge is 0.493 e. The molecule has 1 saturated heterocycles. The second kappa shape index (κ2) is 7.31. The summed E-state index contributed by atoms with van der Waals surface area (Å²) in [5.74, 6) is 1.38. The number of amides is 1. The van der Waals surface area contributed by atoms with E-state index >= 15 is 0 Å². The molecule has 2 fully saturated rings. The van der Waals surface area contributed by atoms with Crippen LogP contribution in [-0.4, -0.2) is 35.5 Å².